The monoisotopic (exact) mass is 229 g/mol. The fourth-order valence-electron chi connectivity index (χ4n) is 1.75. The molecule has 1 N–H and O–H groups in total. The number of anilines is 1. The number of nitrogens with one attached hydrogen (secondary N) is 1. The summed E-state index contributed by atoms with van der Waals surface area (Å²) >= 11 is 5.58. The second-order valence-electron chi connectivity index (χ2n) is 4.06. The Morgan fingerprint density at radius 3 is 2.93 bits per heavy atom. The Bertz CT molecular complexity index is 311. The zero-order valence-electron chi connectivity index (χ0n) is 8.87. The van der Waals surface area contributed by atoms with Gasteiger partial charge in [-0.25, -0.2) is 0 Å². The summed E-state index contributed by atoms with van der Waals surface area (Å²) in [6.07, 6.45) is 4.58. The number of nitrogens with zero attached hydrogens (tertiary/aromatic N) is 2. The lowest BCUT2D eigenvalue weighted by Crippen LogP contribution is -2.30. The van der Waals surface area contributed by atoms with E-state index in [-0.39, 0.29) is 0 Å². The second-order valence-corrected chi connectivity index (χ2v) is 4.44. The minimum atomic E-state index is 0.419. The normalized spacial score (nSPS) is 18.5. The van der Waals surface area contributed by atoms with Gasteiger partial charge in [0.1, 0.15) is 0 Å². The van der Waals surface area contributed by atoms with Gasteiger partial charge in [-0.1, -0.05) is 11.5 Å². The van der Waals surface area contributed by atoms with Crippen LogP contribution >= 0.6 is 11.6 Å². The molecule has 0 saturated heterocycles. The zero-order chi connectivity index (χ0) is 10.7. The van der Waals surface area contributed by atoms with Crippen molar-refractivity contribution in [1.29, 1.82) is 0 Å². The van der Waals surface area contributed by atoms with Crippen molar-refractivity contribution in [1.82, 2.24) is 10.2 Å². The first-order valence-corrected chi connectivity index (χ1v) is 5.98. The van der Waals surface area contributed by atoms with E-state index in [2.05, 4.69) is 22.4 Å². The van der Waals surface area contributed by atoms with Gasteiger partial charge in [-0.2, -0.15) is 0 Å². The van der Waals surface area contributed by atoms with Gasteiger partial charge in [0.05, 0.1) is 0 Å². The topological polar surface area (TPSA) is 51.0 Å². The van der Waals surface area contributed by atoms with Crippen molar-refractivity contribution in [2.75, 3.05) is 11.2 Å². The molecule has 0 aromatic carbocycles. The van der Waals surface area contributed by atoms with E-state index < -0.39 is 0 Å². The fraction of sp³-hybridized carbons (Fsp3) is 0.800. The van der Waals surface area contributed by atoms with E-state index in [9.17, 15) is 0 Å². The summed E-state index contributed by atoms with van der Waals surface area (Å²) in [5.41, 5.74) is 0. The molecule has 15 heavy (non-hydrogen) atoms. The highest BCUT2D eigenvalue weighted by Gasteiger charge is 2.24. The minimum absolute atomic E-state index is 0.419. The van der Waals surface area contributed by atoms with Gasteiger partial charge in [-0.3, -0.25) is 0 Å². The third-order valence-electron chi connectivity index (χ3n) is 2.98. The molecule has 1 atom stereocenters. The van der Waals surface area contributed by atoms with E-state index in [1.54, 1.807) is 0 Å². The molecule has 1 saturated carbocycles. The molecule has 1 aliphatic rings. The van der Waals surface area contributed by atoms with Crippen LogP contribution in [0.1, 0.15) is 32.1 Å². The zero-order valence-corrected chi connectivity index (χ0v) is 9.63. The van der Waals surface area contributed by atoms with Crippen LogP contribution in [0.4, 0.5) is 6.01 Å². The molecule has 2 rings (SSSR count). The Kier molecular flexibility index (Phi) is 3.46. The summed E-state index contributed by atoms with van der Waals surface area (Å²) in [5.74, 6) is 1.88. The SMILES string of the molecule is CC(Nc1nnc(CCCl)o1)C1CCC1. The molecule has 1 unspecified atom stereocenters. The Labute approximate surface area is 94.4 Å². The number of halogens is 1. The molecule has 1 aromatic rings. The van der Waals surface area contributed by atoms with Crippen molar-refractivity contribution in [3.05, 3.63) is 5.89 Å². The van der Waals surface area contributed by atoms with Gasteiger partial charge in [0.15, 0.2) is 0 Å². The van der Waals surface area contributed by atoms with E-state index in [4.69, 9.17) is 16.0 Å². The third kappa shape index (κ3) is 2.62. The summed E-state index contributed by atoms with van der Waals surface area (Å²) in [5, 5.41) is 11.1. The number of aromatic nitrogens is 2. The number of alkyl halides is 1. The lowest BCUT2D eigenvalue weighted by Gasteiger charge is -2.31. The van der Waals surface area contributed by atoms with Gasteiger partial charge in [0.2, 0.25) is 5.89 Å². The molecular formula is C10H16ClN3O. The fourth-order valence-corrected chi connectivity index (χ4v) is 1.91. The highest BCUT2D eigenvalue weighted by molar-refractivity contribution is 6.17. The van der Waals surface area contributed by atoms with Crippen LogP contribution in [0.2, 0.25) is 0 Å². The number of aryl methyl sites for hydroxylation is 1. The van der Waals surface area contributed by atoms with Crippen LogP contribution < -0.4 is 5.32 Å². The second kappa shape index (κ2) is 4.84. The van der Waals surface area contributed by atoms with Gasteiger partial charge in [0, 0.05) is 18.3 Å². The lowest BCUT2D eigenvalue weighted by atomic mass is 9.80. The van der Waals surface area contributed by atoms with Gasteiger partial charge in [-0.05, 0) is 25.7 Å². The first kappa shape index (κ1) is 10.7. The highest BCUT2D eigenvalue weighted by atomic mass is 35.5. The van der Waals surface area contributed by atoms with E-state index >= 15 is 0 Å². The van der Waals surface area contributed by atoms with Crippen LogP contribution in [0.3, 0.4) is 0 Å². The van der Waals surface area contributed by atoms with Crippen molar-refractivity contribution >= 4 is 17.6 Å². The average molecular weight is 230 g/mol. The predicted molar refractivity (Wildman–Crippen MR) is 59.1 cm³/mol. The van der Waals surface area contributed by atoms with Gasteiger partial charge in [0.25, 0.3) is 0 Å². The molecule has 1 heterocycles. The quantitative estimate of drug-likeness (QED) is 0.788. The molecule has 0 aliphatic heterocycles. The molecule has 0 spiro atoms. The molecular weight excluding hydrogens is 214 g/mol. The smallest absolute Gasteiger partial charge is 0.315 e. The standard InChI is InChI=1S/C10H16ClN3O/c1-7(8-3-2-4-8)12-10-14-13-9(15-10)5-6-11/h7-8H,2-6H2,1H3,(H,12,14). The minimum Gasteiger partial charge on any atom is -0.408 e. The van der Waals surface area contributed by atoms with E-state index in [1.165, 1.54) is 19.3 Å². The average Bonchev–Trinajstić information content (AvgIpc) is 2.49. The first-order valence-electron chi connectivity index (χ1n) is 5.44. The maximum absolute atomic E-state index is 5.58. The van der Waals surface area contributed by atoms with Crippen molar-refractivity contribution in [3.63, 3.8) is 0 Å². The van der Waals surface area contributed by atoms with E-state index in [0.717, 1.165) is 5.92 Å². The lowest BCUT2D eigenvalue weighted by molar-refractivity contribution is 0.282. The maximum atomic E-state index is 5.58. The summed E-state index contributed by atoms with van der Waals surface area (Å²) in [6, 6.07) is 0.942. The molecule has 4 nitrogen and oxygen atoms in total. The highest BCUT2D eigenvalue weighted by Crippen LogP contribution is 2.30. The van der Waals surface area contributed by atoms with Crippen LogP contribution in [0.25, 0.3) is 0 Å². The van der Waals surface area contributed by atoms with Crippen LogP contribution in [-0.2, 0) is 6.42 Å². The van der Waals surface area contributed by atoms with Crippen molar-refractivity contribution in [2.24, 2.45) is 5.92 Å². The number of hydrogen-bond donors (Lipinski definition) is 1. The van der Waals surface area contributed by atoms with Crippen LogP contribution in [-0.4, -0.2) is 22.1 Å². The van der Waals surface area contributed by atoms with Crippen molar-refractivity contribution in [2.45, 2.75) is 38.6 Å². The number of hydrogen-bond acceptors (Lipinski definition) is 4. The molecule has 84 valence electrons. The molecule has 1 aliphatic carbocycles. The Hall–Kier alpha value is -0.770. The predicted octanol–water partition coefficient (Wildman–Crippen LogP) is 2.45. The van der Waals surface area contributed by atoms with Crippen molar-refractivity contribution < 1.29 is 4.42 Å². The van der Waals surface area contributed by atoms with Crippen LogP contribution in [0.5, 0.6) is 0 Å². The van der Waals surface area contributed by atoms with Crippen LogP contribution in [0, 0.1) is 5.92 Å². The molecule has 1 aromatic heterocycles. The molecule has 0 bridgehead atoms. The van der Waals surface area contributed by atoms with E-state index in [0.29, 0.717) is 30.2 Å². The Morgan fingerprint density at radius 2 is 2.33 bits per heavy atom. The third-order valence-corrected chi connectivity index (χ3v) is 3.17. The van der Waals surface area contributed by atoms with Gasteiger partial charge in [-0.15, -0.1) is 16.7 Å². The van der Waals surface area contributed by atoms with Crippen molar-refractivity contribution in [3.8, 4) is 0 Å². The molecule has 0 amide bonds. The summed E-state index contributed by atoms with van der Waals surface area (Å²) < 4.78 is 5.40. The maximum Gasteiger partial charge on any atom is 0.315 e. The summed E-state index contributed by atoms with van der Waals surface area (Å²) in [4.78, 5) is 0. The number of rotatable bonds is 5. The first-order chi connectivity index (χ1) is 7.29. The molecule has 5 heteroatoms. The summed E-state index contributed by atoms with van der Waals surface area (Å²) in [7, 11) is 0. The summed E-state index contributed by atoms with van der Waals surface area (Å²) in [6.45, 7) is 2.16. The molecule has 1 fully saturated rings. The Morgan fingerprint density at radius 1 is 1.53 bits per heavy atom. The van der Waals surface area contributed by atoms with Crippen LogP contribution in [0.15, 0.2) is 4.42 Å². The van der Waals surface area contributed by atoms with Gasteiger partial charge >= 0.3 is 6.01 Å². The Balaban J connectivity index is 1.86. The van der Waals surface area contributed by atoms with Gasteiger partial charge < -0.3 is 9.73 Å². The largest absolute Gasteiger partial charge is 0.408 e. The molecule has 0 radical (unpaired) electrons. The van der Waals surface area contributed by atoms with E-state index in [1.807, 2.05) is 0 Å².